The smallest absolute Gasteiger partial charge is 0.389 e. The highest BCUT2D eigenvalue weighted by Crippen LogP contribution is 2.45. The van der Waals surface area contributed by atoms with Gasteiger partial charge >= 0.3 is 16.4 Å². The number of rotatable bonds is 4. The first-order valence-corrected chi connectivity index (χ1v) is 7.02. The highest BCUT2D eigenvalue weighted by molar-refractivity contribution is 7.55. The average molecular weight is 216 g/mol. The van der Waals surface area contributed by atoms with E-state index < -0.39 is 21.7 Å². The topological polar surface area (TPSA) is 118 Å². The quantitative estimate of drug-likeness (QED) is 0.297. The Kier molecular flexibility index (Phi) is 4.05. The van der Waals surface area contributed by atoms with Crippen molar-refractivity contribution in [2.75, 3.05) is 0 Å². The van der Waals surface area contributed by atoms with Gasteiger partial charge in [-0.3, -0.25) is 4.57 Å². The highest BCUT2D eigenvalue weighted by Gasteiger charge is 2.49. The van der Waals surface area contributed by atoms with Crippen molar-refractivity contribution in [3.05, 3.63) is 0 Å². The minimum Gasteiger partial charge on any atom is -0.389 e. The van der Waals surface area contributed by atoms with Crippen molar-refractivity contribution in [2.24, 2.45) is 0 Å². The van der Waals surface area contributed by atoms with Crippen LogP contribution in [0.2, 0.25) is 0 Å². The molecule has 0 saturated heterocycles. The van der Waals surface area contributed by atoms with Crippen molar-refractivity contribution in [3.63, 3.8) is 0 Å². The van der Waals surface area contributed by atoms with Gasteiger partial charge in [-0.15, -0.1) is 0 Å². The molecule has 74 valence electrons. The van der Waals surface area contributed by atoms with Crippen molar-refractivity contribution in [3.8, 4) is 0 Å². The van der Waals surface area contributed by atoms with Gasteiger partial charge in [-0.25, -0.2) is 0 Å². The fourth-order valence-electron chi connectivity index (χ4n) is 0.861. The maximum Gasteiger partial charge on any atom is 0.508 e. The molecule has 0 aliphatic rings. The Labute approximate surface area is 71.0 Å². The molecule has 0 fully saturated rings. The Morgan fingerprint density at radius 1 is 1.33 bits per heavy atom. The zero-order valence-electron chi connectivity index (χ0n) is 6.58. The first kappa shape index (κ1) is 12.2. The third-order valence-electron chi connectivity index (χ3n) is 1.42. The molecule has 0 amide bonds. The summed E-state index contributed by atoms with van der Waals surface area (Å²) in [6, 6.07) is 0. The molecule has 12 heavy (non-hydrogen) atoms. The van der Waals surface area contributed by atoms with E-state index in [1.807, 2.05) is 0 Å². The number of hydrogen-bond acceptors (Lipinski definition) is 4. The lowest BCUT2D eigenvalue weighted by atomic mass is 10.4. The Bertz CT molecular complexity index is 182. The fraction of sp³-hybridized carbons (Fsp3) is 1.00. The molecule has 0 rings (SSSR count). The summed E-state index contributed by atoms with van der Waals surface area (Å²) in [6.45, 7) is 1.63. The molecular formula is C4H13O6PSi. The van der Waals surface area contributed by atoms with Crippen LogP contribution in [0, 0.1) is 0 Å². The van der Waals surface area contributed by atoms with E-state index in [-0.39, 0.29) is 6.42 Å². The normalized spacial score (nSPS) is 16.2. The van der Waals surface area contributed by atoms with Crippen molar-refractivity contribution >= 4 is 16.4 Å². The largest absolute Gasteiger partial charge is 0.508 e. The van der Waals surface area contributed by atoms with Gasteiger partial charge in [0.2, 0.25) is 0 Å². The van der Waals surface area contributed by atoms with Gasteiger partial charge in [0, 0.05) is 0 Å². The van der Waals surface area contributed by atoms with Gasteiger partial charge in [0.25, 0.3) is 0 Å². The summed E-state index contributed by atoms with van der Waals surface area (Å²) in [5.74, 6) is 0. The van der Waals surface area contributed by atoms with E-state index in [0.717, 1.165) is 0 Å². The van der Waals surface area contributed by atoms with Crippen LogP contribution >= 0.6 is 7.60 Å². The van der Waals surface area contributed by atoms with E-state index in [4.69, 9.17) is 24.2 Å². The second-order valence-corrected chi connectivity index (χ2v) is 6.94. The summed E-state index contributed by atoms with van der Waals surface area (Å²) in [7, 11) is -9.31. The highest BCUT2D eigenvalue weighted by atomic mass is 31.2. The molecule has 1 unspecified atom stereocenters. The molecule has 0 aromatic heterocycles. The molecule has 6 nitrogen and oxygen atoms in total. The second-order valence-electron chi connectivity index (χ2n) is 2.58. The molecule has 0 saturated carbocycles. The van der Waals surface area contributed by atoms with Crippen LogP contribution in [0.1, 0.15) is 19.8 Å². The molecule has 0 radical (unpaired) electrons. The third-order valence-corrected chi connectivity index (χ3v) is 5.72. The lowest BCUT2D eigenvalue weighted by Gasteiger charge is -2.22. The van der Waals surface area contributed by atoms with Crippen LogP contribution in [-0.4, -0.2) is 38.3 Å². The SMILES string of the molecule is CCCC([Si](O)(O)O)P(=O)(O)O. The molecule has 0 bridgehead atoms. The van der Waals surface area contributed by atoms with E-state index in [9.17, 15) is 4.57 Å². The van der Waals surface area contributed by atoms with Gasteiger partial charge in [-0.2, -0.15) is 0 Å². The molecule has 0 aromatic rings. The van der Waals surface area contributed by atoms with Gasteiger partial charge in [-0.05, 0) is 6.42 Å². The van der Waals surface area contributed by atoms with Crippen molar-refractivity contribution < 1.29 is 28.7 Å². The monoisotopic (exact) mass is 216 g/mol. The summed E-state index contributed by atoms with van der Waals surface area (Å²) >= 11 is 0. The molecule has 8 heteroatoms. The van der Waals surface area contributed by atoms with Crippen LogP contribution in [0.25, 0.3) is 0 Å². The van der Waals surface area contributed by atoms with E-state index in [2.05, 4.69) is 0 Å². The van der Waals surface area contributed by atoms with Gasteiger partial charge in [-0.1, -0.05) is 13.3 Å². The average Bonchev–Trinajstić information content (AvgIpc) is 1.77. The Morgan fingerprint density at radius 2 is 1.75 bits per heavy atom. The molecule has 0 aliphatic heterocycles. The maximum atomic E-state index is 10.6. The lowest BCUT2D eigenvalue weighted by Crippen LogP contribution is -2.48. The molecular weight excluding hydrogens is 203 g/mol. The van der Waals surface area contributed by atoms with E-state index in [1.165, 1.54) is 0 Å². The summed E-state index contributed by atoms with van der Waals surface area (Å²) in [4.78, 5) is 43.3. The fourth-order valence-corrected chi connectivity index (χ4v) is 3.94. The third kappa shape index (κ3) is 3.77. The Morgan fingerprint density at radius 3 is 1.83 bits per heavy atom. The van der Waals surface area contributed by atoms with Crippen LogP contribution in [-0.2, 0) is 4.57 Å². The van der Waals surface area contributed by atoms with Crippen molar-refractivity contribution in [1.82, 2.24) is 0 Å². The van der Waals surface area contributed by atoms with Crippen LogP contribution in [0.3, 0.4) is 0 Å². The van der Waals surface area contributed by atoms with E-state index >= 15 is 0 Å². The second kappa shape index (κ2) is 3.97. The van der Waals surface area contributed by atoms with Crippen LogP contribution in [0.5, 0.6) is 0 Å². The summed E-state index contributed by atoms with van der Waals surface area (Å²) in [5, 5.41) is -1.70. The minimum absolute atomic E-state index is 0.0972. The maximum absolute atomic E-state index is 10.6. The summed E-state index contributed by atoms with van der Waals surface area (Å²) < 4.78 is 10.6. The molecule has 5 N–H and O–H groups in total. The van der Waals surface area contributed by atoms with Gasteiger partial charge in [0.05, 0.1) is 0 Å². The van der Waals surface area contributed by atoms with E-state index in [0.29, 0.717) is 6.42 Å². The number of hydrogen-bond donors (Lipinski definition) is 5. The molecule has 0 aliphatic carbocycles. The molecule has 1 atom stereocenters. The minimum atomic E-state index is -4.71. The van der Waals surface area contributed by atoms with Crippen LogP contribution < -0.4 is 0 Å². The zero-order chi connectivity index (χ0) is 9.99. The molecule has 0 aromatic carbocycles. The first-order chi connectivity index (χ1) is 5.19. The van der Waals surface area contributed by atoms with Gasteiger partial charge < -0.3 is 24.2 Å². The standard InChI is InChI=1S/C4H13O6PSi/c1-2-3-4(11(5,6)7)12(8,9)10/h4,8-10H,2-3H2,1H3,(H2,5,6,7). The first-order valence-electron chi connectivity index (χ1n) is 3.42. The summed E-state index contributed by atoms with van der Waals surface area (Å²) in [6.07, 6.45) is 0.270. The van der Waals surface area contributed by atoms with Gasteiger partial charge in [0.1, 0.15) is 5.28 Å². The zero-order valence-corrected chi connectivity index (χ0v) is 8.48. The van der Waals surface area contributed by atoms with Gasteiger partial charge in [0.15, 0.2) is 0 Å². The van der Waals surface area contributed by atoms with Crippen molar-refractivity contribution in [1.29, 1.82) is 0 Å². The lowest BCUT2D eigenvalue weighted by molar-refractivity contribution is 0.213. The molecule has 0 spiro atoms. The Hall–Kier alpha value is 0.247. The van der Waals surface area contributed by atoms with Crippen LogP contribution in [0.4, 0.5) is 0 Å². The summed E-state index contributed by atoms with van der Waals surface area (Å²) in [5.41, 5.74) is 0. The van der Waals surface area contributed by atoms with Crippen LogP contribution in [0.15, 0.2) is 0 Å². The van der Waals surface area contributed by atoms with E-state index in [1.54, 1.807) is 6.92 Å². The predicted molar refractivity (Wildman–Crippen MR) is 43.2 cm³/mol. The van der Waals surface area contributed by atoms with Crippen molar-refractivity contribution in [2.45, 2.75) is 25.0 Å². The Balaban J connectivity index is 4.57. The molecule has 0 heterocycles. The predicted octanol–water partition coefficient (Wildman–Crippen LogP) is -1.21.